The standard InChI is InChI=1S/C11H20BrNO2/c1-10(2,3)15-9(14)13-7-5-6-11(4,12)8-13/h5-8H2,1-4H3/t11-/m1/s1. The molecule has 0 unspecified atom stereocenters. The lowest BCUT2D eigenvalue weighted by Crippen LogP contribution is -2.47. The van der Waals surface area contributed by atoms with Gasteiger partial charge >= 0.3 is 6.09 Å². The van der Waals surface area contributed by atoms with Crippen LogP contribution in [0.3, 0.4) is 0 Å². The van der Waals surface area contributed by atoms with Crippen molar-refractivity contribution in [3.05, 3.63) is 0 Å². The first-order chi connectivity index (χ1) is 6.70. The fourth-order valence-electron chi connectivity index (χ4n) is 1.68. The number of nitrogens with zero attached hydrogens (tertiary/aromatic N) is 1. The smallest absolute Gasteiger partial charge is 0.410 e. The molecule has 0 aliphatic carbocycles. The minimum Gasteiger partial charge on any atom is -0.444 e. The van der Waals surface area contributed by atoms with Gasteiger partial charge in [0.05, 0.1) is 0 Å². The molecule has 15 heavy (non-hydrogen) atoms. The summed E-state index contributed by atoms with van der Waals surface area (Å²) in [5, 5.41) is 0. The Kier molecular flexibility index (Phi) is 3.69. The van der Waals surface area contributed by atoms with Crippen LogP contribution in [0.15, 0.2) is 0 Å². The van der Waals surface area contributed by atoms with Gasteiger partial charge in [0.25, 0.3) is 0 Å². The summed E-state index contributed by atoms with van der Waals surface area (Å²) in [6.07, 6.45) is 1.93. The van der Waals surface area contributed by atoms with E-state index in [0.717, 1.165) is 25.9 Å². The van der Waals surface area contributed by atoms with Crippen molar-refractivity contribution < 1.29 is 9.53 Å². The van der Waals surface area contributed by atoms with Gasteiger partial charge in [0, 0.05) is 17.4 Å². The van der Waals surface area contributed by atoms with Crippen LogP contribution in [0.4, 0.5) is 4.79 Å². The second kappa shape index (κ2) is 4.32. The van der Waals surface area contributed by atoms with Crippen molar-refractivity contribution in [2.45, 2.75) is 50.5 Å². The fraction of sp³-hybridized carbons (Fsp3) is 0.909. The Labute approximate surface area is 100 Å². The molecule has 0 spiro atoms. The van der Waals surface area contributed by atoms with E-state index in [2.05, 4.69) is 22.9 Å². The molecule has 4 heteroatoms. The molecule has 1 heterocycles. The zero-order chi connectivity index (χ0) is 11.7. The van der Waals surface area contributed by atoms with E-state index in [1.54, 1.807) is 4.90 Å². The highest BCUT2D eigenvalue weighted by Gasteiger charge is 2.32. The summed E-state index contributed by atoms with van der Waals surface area (Å²) in [6, 6.07) is 0. The molecular formula is C11H20BrNO2. The Balaban J connectivity index is 2.53. The van der Waals surface area contributed by atoms with Crippen LogP contribution in [0, 0.1) is 0 Å². The predicted molar refractivity (Wildman–Crippen MR) is 64.4 cm³/mol. The summed E-state index contributed by atoms with van der Waals surface area (Å²) >= 11 is 3.63. The highest BCUT2D eigenvalue weighted by atomic mass is 79.9. The molecule has 1 aliphatic heterocycles. The molecule has 0 N–H and O–H groups in total. The van der Waals surface area contributed by atoms with Gasteiger partial charge in [-0.15, -0.1) is 0 Å². The Hall–Kier alpha value is -0.250. The molecule has 0 aromatic heterocycles. The van der Waals surface area contributed by atoms with Crippen LogP contribution in [0.5, 0.6) is 0 Å². The molecule has 0 bridgehead atoms. The minimum absolute atomic E-state index is 0.0438. The third-order valence-electron chi connectivity index (χ3n) is 2.30. The topological polar surface area (TPSA) is 29.5 Å². The Morgan fingerprint density at radius 2 is 2.07 bits per heavy atom. The van der Waals surface area contributed by atoms with Crippen molar-refractivity contribution in [1.82, 2.24) is 4.90 Å². The SMILES string of the molecule is CC(C)(C)OC(=O)N1CCC[C@@](C)(Br)C1. The maximum atomic E-state index is 11.8. The van der Waals surface area contributed by atoms with Crippen LogP contribution >= 0.6 is 15.9 Å². The second-order valence-electron chi connectivity index (χ2n) is 5.42. The van der Waals surface area contributed by atoms with Crippen molar-refractivity contribution in [3.8, 4) is 0 Å². The number of rotatable bonds is 0. The van der Waals surface area contributed by atoms with Crippen molar-refractivity contribution in [1.29, 1.82) is 0 Å². The molecule has 1 saturated heterocycles. The van der Waals surface area contributed by atoms with E-state index in [-0.39, 0.29) is 10.4 Å². The number of likely N-dealkylation sites (tertiary alicyclic amines) is 1. The molecule has 88 valence electrons. The van der Waals surface area contributed by atoms with Crippen LogP contribution < -0.4 is 0 Å². The maximum absolute atomic E-state index is 11.8. The number of piperidine rings is 1. The summed E-state index contributed by atoms with van der Waals surface area (Å²) in [6.45, 7) is 9.31. The van der Waals surface area contributed by atoms with Crippen molar-refractivity contribution >= 4 is 22.0 Å². The number of carbonyl (C=O) groups excluding carboxylic acids is 1. The van der Waals surface area contributed by atoms with Gasteiger partial charge in [0.1, 0.15) is 5.60 Å². The lowest BCUT2D eigenvalue weighted by molar-refractivity contribution is 0.0194. The first-order valence-corrected chi connectivity index (χ1v) is 6.16. The first-order valence-electron chi connectivity index (χ1n) is 5.36. The van der Waals surface area contributed by atoms with E-state index in [0.29, 0.717) is 0 Å². The van der Waals surface area contributed by atoms with Crippen LogP contribution in [0.2, 0.25) is 0 Å². The van der Waals surface area contributed by atoms with Gasteiger partial charge in [-0.3, -0.25) is 0 Å². The molecule has 1 rings (SSSR count). The molecule has 3 nitrogen and oxygen atoms in total. The quantitative estimate of drug-likeness (QED) is 0.637. The second-order valence-corrected chi connectivity index (χ2v) is 7.33. The van der Waals surface area contributed by atoms with Crippen LogP contribution in [-0.4, -0.2) is 34.0 Å². The third-order valence-corrected chi connectivity index (χ3v) is 2.95. The molecule has 0 aromatic rings. The van der Waals surface area contributed by atoms with Crippen molar-refractivity contribution in [3.63, 3.8) is 0 Å². The molecule has 0 radical (unpaired) electrons. The molecule has 0 saturated carbocycles. The van der Waals surface area contributed by atoms with Crippen LogP contribution in [0.1, 0.15) is 40.5 Å². The average molecular weight is 278 g/mol. The molecule has 0 aromatic carbocycles. The van der Waals surface area contributed by atoms with E-state index >= 15 is 0 Å². The number of amides is 1. The predicted octanol–water partition coefficient (Wildman–Crippen LogP) is 3.17. The van der Waals surface area contributed by atoms with Crippen LogP contribution in [-0.2, 0) is 4.74 Å². The monoisotopic (exact) mass is 277 g/mol. The Bertz CT molecular complexity index is 245. The first kappa shape index (κ1) is 12.8. The third kappa shape index (κ3) is 4.41. The Morgan fingerprint density at radius 3 is 2.53 bits per heavy atom. The van der Waals surface area contributed by atoms with Crippen molar-refractivity contribution in [2.75, 3.05) is 13.1 Å². The van der Waals surface area contributed by atoms with Gasteiger partial charge in [-0.1, -0.05) is 15.9 Å². The number of alkyl halides is 1. The number of ether oxygens (including phenoxy) is 1. The van der Waals surface area contributed by atoms with Crippen molar-refractivity contribution in [2.24, 2.45) is 0 Å². The van der Waals surface area contributed by atoms with Gasteiger partial charge in [-0.05, 0) is 40.5 Å². The summed E-state index contributed by atoms with van der Waals surface area (Å²) in [5.41, 5.74) is -0.406. The lowest BCUT2D eigenvalue weighted by Gasteiger charge is -2.37. The zero-order valence-electron chi connectivity index (χ0n) is 9.97. The normalized spacial score (nSPS) is 27.7. The maximum Gasteiger partial charge on any atom is 0.410 e. The van der Waals surface area contributed by atoms with E-state index < -0.39 is 5.60 Å². The molecule has 1 amide bonds. The van der Waals surface area contributed by atoms with Gasteiger partial charge < -0.3 is 9.64 Å². The lowest BCUT2D eigenvalue weighted by atomic mass is 10.0. The largest absolute Gasteiger partial charge is 0.444 e. The summed E-state index contributed by atoms with van der Waals surface area (Å²) in [7, 11) is 0. The highest BCUT2D eigenvalue weighted by Crippen LogP contribution is 2.29. The van der Waals surface area contributed by atoms with Gasteiger partial charge in [0.2, 0.25) is 0 Å². The number of carbonyl (C=O) groups is 1. The number of hydrogen-bond donors (Lipinski definition) is 0. The fourth-order valence-corrected chi connectivity index (χ4v) is 2.26. The average Bonchev–Trinajstić information content (AvgIpc) is 1.99. The van der Waals surface area contributed by atoms with E-state index in [1.807, 2.05) is 20.8 Å². The van der Waals surface area contributed by atoms with Gasteiger partial charge in [-0.2, -0.15) is 0 Å². The van der Waals surface area contributed by atoms with Gasteiger partial charge in [0.15, 0.2) is 0 Å². The summed E-state index contributed by atoms with van der Waals surface area (Å²) in [4.78, 5) is 13.6. The summed E-state index contributed by atoms with van der Waals surface area (Å²) < 4.78 is 5.38. The molecule has 1 atom stereocenters. The molecule has 1 fully saturated rings. The number of halogens is 1. The highest BCUT2D eigenvalue weighted by molar-refractivity contribution is 9.10. The molecular weight excluding hydrogens is 258 g/mol. The van der Waals surface area contributed by atoms with E-state index in [1.165, 1.54) is 0 Å². The zero-order valence-corrected chi connectivity index (χ0v) is 11.6. The van der Waals surface area contributed by atoms with E-state index in [4.69, 9.17) is 4.74 Å². The number of hydrogen-bond acceptors (Lipinski definition) is 2. The Morgan fingerprint density at radius 1 is 1.47 bits per heavy atom. The van der Waals surface area contributed by atoms with Crippen LogP contribution in [0.25, 0.3) is 0 Å². The summed E-state index contributed by atoms with van der Waals surface area (Å²) in [5.74, 6) is 0. The minimum atomic E-state index is -0.406. The van der Waals surface area contributed by atoms with E-state index in [9.17, 15) is 4.79 Å². The van der Waals surface area contributed by atoms with Gasteiger partial charge in [-0.25, -0.2) is 4.79 Å². The molecule has 1 aliphatic rings.